The maximum Gasteiger partial charge on any atom is 0.179 e. The van der Waals surface area contributed by atoms with E-state index in [0.717, 1.165) is 46.1 Å². The van der Waals surface area contributed by atoms with Crippen molar-refractivity contribution in [1.29, 1.82) is 0 Å². The normalized spacial score (nSPS) is 17.6. The van der Waals surface area contributed by atoms with E-state index in [0.29, 0.717) is 11.9 Å². The summed E-state index contributed by atoms with van der Waals surface area (Å²) < 4.78 is 1.83. The molecule has 0 aromatic carbocycles. The molecule has 4 nitrogen and oxygen atoms in total. The lowest BCUT2D eigenvalue weighted by molar-refractivity contribution is 0.464. The summed E-state index contributed by atoms with van der Waals surface area (Å²) in [6, 6.07) is 2.35. The van der Waals surface area contributed by atoms with E-state index >= 15 is 0 Å². The fourth-order valence-electron chi connectivity index (χ4n) is 2.70. The minimum Gasteiger partial charge on any atom is -0.310 e. The molecule has 6 heteroatoms. The van der Waals surface area contributed by atoms with Gasteiger partial charge in [-0.3, -0.25) is 4.98 Å². The molecule has 1 atom stereocenters. The third kappa shape index (κ3) is 3.17. The van der Waals surface area contributed by atoms with Gasteiger partial charge in [0.15, 0.2) is 5.82 Å². The topological polar surface area (TPSA) is 50.7 Å². The first-order valence-electron chi connectivity index (χ1n) is 7.09. The van der Waals surface area contributed by atoms with Gasteiger partial charge in [0.25, 0.3) is 0 Å². The van der Waals surface area contributed by atoms with Gasteiger partial charge < -0.3 is 5.32 Å². The Kier molecular flexibility index (Phi) is 4.66. The molecule has 0 amide bonds. The van der Waals surface area contributed by atoms with E-state index < -0.39 is 0 Å². The highest BCUT2D eigenvalue weighted by Gasteiger charge is 2.22. The van der Waals surface area contributed by atoms with E-state index in [9.17, 15) is 0 Å². The van der Waals surface area contributed by atoms with Crippen LogP contribution in [0.4, 0.5) is 0 Å². The van der Waals surface area contributed by atoms with Crippen LogP contribution in [0.1, 0.15) is 37.1 Å². The zero-order chi connectivity index (χ0) is 14.8. The Hall–Kier alpha value is -0.850. The number of hydrogen-bond acceptors (Lipinski definition) is 4. The smallest absolute Gasteiger partial charge is 0.179 e. The predicted molar refractivity (Wildman–Crippen MR) is 90.0 cm³/mol. The molecule has 3 rings (SSSR count). The molecule has 0 saturated carbocycles. The average Bonchev–Trinajstić information content (AvgIpc) is 2.47. The van der Waals surface area contributed by atoms with E-state index in [-0.39, 0.29) is 0 Å². The highest BCUT2D eigenvalue weighted by atomic mass is 79.9. The molecule has 0 radical (unpaired) electrons. The van der Waals surface area contributed by atoms with Crippen LogP contribution in [0.5, 0.6) is 0 Å². The molecule has 1 N–H and O–H groups in total. The number of aromatic nitrogens is 3. The van der Waals surface area contributed by atoms with E-state index in [1.165, 1.54) is 5.56 Å². The van der Waals surface area contributed by atoms with Crippen molar-refractivity contribution in [3.63, 3.8) is 0 Å². The zero-order valence-electron chi connectivity index (χ0n) is 11.7. The number of fused-ring (bicyclic) bond motifs is 1. The van der Waals surface area contributed by atoms with Gasteiger partial charge in [-0.15, -0.1) is 0 Å². The number of halogens is 2. The maximum atomic E-state index is 4.75. The van der Waals surface area contributed by atoms with Gasteiger partial charge in [-0.1, -0.05) is 6.92 Å². The SMILES string of the molecule is CCNC1CCCc2nc(-c3ncc(Br)cc3Br)ncc21. The Morgan fingerprint density at radius 2 is 2.14 bits per heavy atom. The Bertz CT molecular complexity index is 660. The molecule has 2 aromatic heterocycles. The van der Waals surface area contributed by atoms with Crippen LogP contribution in [0.2, 0.25) is 0 Å². The summed E-state index contributed by atoms with van der Waals surface area (Å²) in [6.07, 6.45) is 7.06. The van der Waals surface area contributed by atoms with Crippen molar-refractivity contribution in [2.45, 2.75) is 32.2 Å². The molecule has 0 aliphatic heterocycles. The molecular weight excluding hydrogens is 396 g/mol. The lowest BCUT2D eigenvalue weighted by Crippen LogP contribution is -2.26. The fraction of sp³-hybridized carbons (Fsp3) is 0.400. The summed E-state index contributed by atoms with van der Waals surface area (Å²) in [6.45, 7) is 3.10. The Morgan fingerprint density at radius 3 is 2.90 bits per heavy atom. The summed E-state index contributed by atoms with van der Waals surface area (Å²) in [5, 5.41) is 3.51. The van der Waals surface area contributed by atoms with Crippen LogP contribution in [-0.2, 0) is 6.42 Å². The lowest BCUT2D eigenvalue weighted by atomic mass is 9.92. The largest absolute Gasteiger partial charge is 0.310 e. The first-order valence-corrected chi connectivity index (χ1v) is 8.68. The average molecular weight is 412 g/mol. The van der Waals surface area contributed by atoms with Gasteiger partial charge in [-0.05, 0) is 63.7 Å². The second-order valence-corrected chi connectivity index (χ2v) is 6.85. The summed E-state index contributed by atoms with van der Waals surface area (Å²) in [4.78, 5) is 13.7. The van der Waals surface area contributed by atoms with E-state index in [2.05, 4.69) is 54.1 Å². The summed E-state index contributed by atoms with van der Waals surface area (Å²) >= 11 is 6.94. The van der Waals surface area contributed by atoms with Gasteiger partial charge >= 0.3 is 0 Å². The van der Waals surface area contributed by atoms with Crippen LogP contribution in [0.3, 0.4) is 0 Å². The van der Waals surface area contributed by atoms with Crippen molar-refractivity contribution in [3.8, 4) is 11.5 Å². The molecule has 1 aliphatic rings. The van der Waals surface area contributed by atoms with Crippen molar-refractivity contribution in [3.05, 3.63) is 38.7 Å². The fourth-order valence-corrected chi connectivity index (χ4v) is 3.86. The Morgan fingerprint density at radius 1 is 1.29 bits per heavy atom. The number of pyridine rings is 1. The molecule has 21 heavy (non-hydrogen) atoms. The molecule has 2 aromatic rings. The first-order chi connectivity index (χ1) is 10.2. The standard InChI is InChI=1S/C15H16Br2N4/c1-2-18-12-4-3-5-13-10(12)8-20-15(21-13)14-11(17)6-9(16)7-19-14/h6-8,12,18H,2-5H2,1H3. The zero-order valence-corrected chi connectivity index (χ0v) is 14.9. The molecule has 2 heterocycles. The molecule has 0 spiro atoms. The van der Waals surface area contributed by atoms with Crippen molar-refractivity contribution in [2.24, 2.45) is 0 Å². The predicted octanol–water partition coefficient (Wildman–Crippen LogP) is 4.05. The minimum atomic E-state index is 0.383. The summed E-state index contributed by atoms with van der Waals surface area (Å²) in [7, 11) is 0. The number of rotatable bonds is 3. The number of nitrogens with zero attached hydrogens (tertiary/aromatic N) is 3. The highest BCUT2D eigenvalue weighted by Crippen LogP contribution is 2.31. The van der Waals surface area contributed by atoms with Crippen molar-refractivity contribution in [2.75, 3.05) is 6.54 Å². The monoisotopic (exact) mass is 410 g/mol. The van der Waals surface area contributed by atoms with E-state index in [1.807, 2.05) is 12.3 Å². The lowest BCUT2D eigenvalue weighted by Gasteiger charge is -2.25. The van der Waals surface area contributed by atoms with E-state index in [1.54, 1.807) is 6.20 Å². The van der Waals surface area contributed by atoms with Crippen LogP contribution in [0.25, 0.3) is 11.5 Å². The van der Waals surface area contributed by atoms with Gasteiger partial charge in [0.05, 0.1) is 0 Å². The Balaban J connectivity index is 1.99. The van der Waals surface area contributed by atoms with E-state index in [4.69, 9.17) is 4.98 Å². The molecule has 0 bridgehead atoms. The third-order valence-electron chi connectivity index (χ3n) is 3.65. The van der Waals surface area contributed by atoms with Crippen LogP contribution >= 0.6 is 31.9 Å². The van der Waals surface area contributed by atoms with Gasteiger partial charge in [0.1, 0.15) is 5.69 Å². The molecule has 1 unspecified atom stereocenters. The number of hydrogen-bond donors (Lipinski definition) is 1. The summed E-state index contributed by atoms with van der Waals surface area (Å²) in [5.41, 5.74) is 3.17. The van der Waals surface area contributed by atoms with Gasteiger partial charge in [0, 0.05) is 38.6 Å². The molecule has 0 fully saturated rings. The quantitative estimate of drug-likeness (QED) is 0.827. The molecule has 110 valence electrons. The van der Waals surface area contributed by atoms with Crippen LogP contribution < -0.4 is 5.32 Å². The van der Waals surface area contributed by atoms with Crippen molar-refractivity contribution >= 4 is 31.9 Å². The van der Waals surface area contributed by atoms with Crippen LogP contribution in [0, 0.1) is 0 Å². The second kappa shape index (κ2) is 6.50. The van der Waals surface area contributed by atoms with Crippen LogP contribution in [0.15, 0.2) is 27.4 Å². The second-order valence-electron chi connectivity index (χ2n) is 5.08. The highest BCUT2D eigenvalue weighted by molar-refractivity contribution is 9.11. The van der Waals surface area contributed by atoms with Crippen molar-refractivity contribution in [1.82, 2.24) is 20.3 Å². The van der Waals surface area contributed by atoms with Crippen molar-refractivity contribution < 1.29 is 0 Å². The number of aryl methyl sites for hydroxylation is 1. The molecule has 0 saturated heterocycles. The third-order valence-corrected chi connectivity index (χ3v) is 4.69. The first kappa shape index (κ1) is 15.1. The summed E-state index contributed by atoms with van der Waals surface area (Å²) in [5.74, 6) is 0.685. The minimum absolute atomic E-state index is 0.383. The van der Waals surface area contributed by atoms with Gasteiger partial charge in [-0.25, -0.2) is 9.97 Å². The maximum absolute atomic E-state index is 4.75. The van der Waals surface area contributed by atoms with Gasteiger partial charge in [-0.2, -0.15) is 0 Å². The number of nitrogens with one attached hydrogen (secondary N) is 1. The Labute approximate surface area is 141 Å². The molecule has 1 aliphatic carbocycles. The van der Waals surface area contributed by atoms with Gasteiger partial charge in [0.2, 0.25) is 0 Å². The molecular formula is C15H16Br2N4. The van der Waals surface area contributed by atoms with Crippen LogP contribution in [-0.4, -0.2) is 21.5 Å².